The van der Waals surface area contributed by atoms with Crippen molar-refractivity contribution in [2.24, 2.45) is 0 Å². The van der Waals surface area contributed by atoms with Crippen molar-refractivity contribution in [2.45, 2.75) is 17.8 Å². The first-order chi connectivity index (χ1) is 14.2. The topological polar surface area (TPSA) is 88.1 Å². The molecule has 0 unspecified atom stereocenters. The molecule has 2 aromatic heterocycles. The first-order valence-electron chi connectivity index (χ1n) is 8.84. The van der Waals surface area contributed by atoms with Gasteiger partial charge in [-0.25, -0.2) is 0 Å². The molecule has 8 nitrogen and oxygen atoms in total. The molecule has 0 bridgehead atoms. The van der Waals surface area contributed by atoms with Gasteiger partial charge >= 0.3 is 0 Å². The maximum Gasteiger partial charge on any atom is 0.226 e. The van der Waals surface area contributed by atoms with E-state index in [1.807, 2.05) is 53.1 Å². The van der Waals surface area contributed by atoms with E-state index < -0.39 is 0 Å². The van der Waals surface area contributed by atoms with Gasteiger partial charge in [0.05, 0.1) is 20.0 Å². The molecule has 148 valence electrons. The average molecular weight is 409 g/mol. The molecule has 9 heteroatoms. The Morgan fingerprint density at radius 1 is 0.862 bits per heavy atom. The summed E-state index contributed by atoms with van der Waals surface area (Å²) in [6.07, 6.45) is 0. The third-order valence-corrected chi connectivity index (χ3v) is 5.12. The predicted octanol–water partition coefficient (Wildman–Crippen LogP) is 3.94. The minimum absolute atomic E-state index is 0.498. The molecular formula is C20H19N5O3S. The Balaban J connectivity index is 1.72. The van der Waals surface area contributed by atoms with Crippen molar-refractivity contribution in [3.63, 3.8) is 0 Å². The SMILES string of the molecule is COc1ccc(-c2nnc(SCc3nnc(C)o3)n2-c2ccc(OC)cc2)cc1. The van der Waals surface area contributed by atoms with Gasteiger partial charge in [-0.1, -0.05) is 11.8 Å². The summed E-state index contributed by atoms with van der Waals surface area (Å²) in [5.41, 5.74) is 1.85. The van der Waals surface area contributed by atoms with Gasteiger partial charge in [0, 0.05) is 18.2 Å². The third-order valence-electron chi connectivity index (χ3n) is 4.20. The van der Waals surface area contributed by atoms with Crippen molar-refractivity contribution >= 4 is 11.8 Å². The van der Waals surface area contributed by atoms with E-state index in [4.69, 9.17) is 13.9 Å². The van der Waals surface area contributed by atoms with Crippen LogP contribution in [0.3, 0.4) is 0 Å². The van der Waals surface area contributed by atoms with E-state index in [0.29, 0.717) is 17.5 Å². The van der Waals surface area contributed by atoms with Crippen LogP contribution in [0.5, 0.6) is 11.5 Å². The van der Waals surface area contributed by atoms with Crippen molar-refractivity contribution in [1.82, 2.24) is 25.0 Å². The van der Waals surface area contributed by atoms with Crippen molar-refractivity contribution in [2.75, 3.05) is 14.2 Å². The predicted molar refractivity (Wildman–Crippen MR) is 108 cm³/mol. The first-order valence-corrected chi connectivity index (χ1v) is 9.82. The highest BCUT2D eigenvalue weighted by molar-refractivity contribution is 7.98. The smallest absolute Gasteiger partial charge is 0.226 e. The lowest BCUT2D eigenvalue weighted by molar-refractivity contribution is 0.414. The molecule has 0 saturated heterocycles. The number of nitrogens with zero attached hydrogens (tertiary/aromatic N) is 5. The number of hydrogen-bond acceptors (Lipinski definition) is 8. The Labute approximate surface area is 171 Å². The molecule has 2 heterocycles. The Morgan fingerprint density at radius 3 is 2.10 bits per heavy atom. The molecule has 0 spiro atoms. The second-order valence-electron chi connectivity index (χ2n) is 6.07. The average Bonchev–Trinajstić information content (AvgIpc) is 3.38. The van der Waals surface area contributed by atoms with Crippen LogP contribution in [0.15, 0.2) is 58.1 Å². The number of rotatable bonds is 7. The van der Waals surface area contributed by atoms with Gasteiger partial charge in [-0.15, -0.1) is 20.4 Å². The van der Waals surface area contributed by atoms with E-state index in [2.05, 4.69) is 20.4 Å². The molecule has 0 aliphatic rings. The highest BCUT2D eigenvalue weighted by Crippen LogP contribution is 2.31. The molecule has 0 saturated carbocycles. The lowest BCUT2D eigenvalue weighted by Gasteiger charge is -2.11. The Hall–Kier alpha value is -3.33. The van der Waals surface area contributed by atoms with Gasteiger partial charge in [-0.2, -0.15) is 0 Å². The minimum Gasteiger partial charge on any atom is -0.497 e. The first kappa shape index (κ1) is 19.0. The zero-order chi connectivity index (χ0) is 20.2. The molecule has 0 N–H and O–H groups in total. The van der Waals surface area contributed by atoms with Crippen molar-refractivity contribution < 1.29 is 13.9 Å². The van der Waals surface area contributed by atoms with Gasteiger partial charge in [-0.3, -0.25) is 4.57 Å². The molecule has 29 heavy (non-hydrogen) atoms. The van der Waals surface area contributed by atoms with Crippen LogP contribution in [-0.2, 0) is 5.75 Å². The number of benzene rings is 2. The molecule has 0 aliphatic heterocycles. The maximum absolute atomic E-state index is 5.47. The minimum atomic E-state index is 0.498. The van der Waals surface area contributed by atoms with Crippen LogP contribution >= 0.6 is 11.8 Å². The van der Waals surface area contributed by atoms with Crippen molar-refractivity contribution in [3.8, 4) is 28.6 Å². The molecule has 0 atom stereocenters. The van der Waals surface area contributed by atoms with E-state index in [0.717, 1.165) is 33.7 Å². The molecule has 4 aromatic rings. The van der Waals surface area contributed by atoms with E-state index in [9.17, 15) is 0 Å². The molecular weight excluding hydrogens is 390 g/mol. The summed E-state index contributed by atoms with van der Waals surface area (Å²) < 4.78 is 18.0. The number of methoxy groups -OCH3 is 2. The molecule has 0 fully saturated rings. The molecule has 0 radical (unpaired) electrons. The summed E-state index contributed by atoms with van der Waals surface area (Å²) in [5, 5.41) is 17.5. The van der Waals surface area contributed by atoms with Crippen LogP contribution in [0.2, 0.25) is 0 Å². The monoisotopic (exact) mass is 409 g/mol. The Morgan fingerprint density at radius 2 is 1.52 bits per heavy atom. The van der Waals surface area contributed by atoms with Crippen LogP contribution in [0.25, 0.3) is 17.1 Å². The highest BCUT2D eigenvalue weighted by atomic mass is 32.2. The van der Waals surface area contributed by atoms with Crippen LogP contribution in [0.1, 0.15) is 11.8 Å². The lowest BCUT2D eigenvalue weighted by atomic mass is 10.2. The summed E-state index contributed by atoms with van der Waals surface area (Å²) >= 11 is 1.48. The number of thioether (sulfide) groups is 1. The normalized spacial score (nSPS) is 10.9. The second-order valence-corrected chi connectivity index (χ2v) is 7.01. The quantitative estimate of drug-likeness (QED) is 0.424. The summed E-state index contributed by atoms with van der Waals surface area (Å²) in [4.78, 5) is 0. The van der Waals surface area contributed by atoms with Gasteiger partial charge in [0.25, 0.3) is 0 Å². The van der Waals surface area contributed by atoms with E-state index in [1.54, 1.807) is 21.1 Å². The largest absolute Gasteiger partial charge is 0.497 e. The fourth-order valence-electron chi connectivity index (χ4n) is 2.78. The summed E-state index contributed by atoms with van der Waals surface area (Å²) in [6, 6.07) is 15.5. The summed E-state index contributed by atoms with van der Waals surface area (Å²) in [7, 11) is 3.28. The second kappa shape index (κ2) is 8.36. The fraction of sp³-hybridized carbons (Fsp3) is 0.200. The van der Waals surface area contributed by atoms with Crippen LogP contribution < -0.4 is 9.47 Å². The van der Waals surface area contributed by atoms with Crippen LogP contribution in [0.4, 0.5) is 0 Å². The highest BCUT2D eigenvalue weighted by Gasteiger charge is 2.17. The van der Waals surface area contributed by atoms with Crippen LogP contribution in [-0.4, -0.2) is 39.2 Å². The molecule has 0 amide bonds. The summed E-state index contributed by atoms with van der Waals surface area (Å²) in [6.45, 7) is 1.77. The molecule has 4 rings (SSSR count). The van der Waals surface area contributed by atoms with E-state index in [-0.39, 0.29) is 0 Å². The number of aromatic nitrogens is 5. The van der Waals surface area contributed by atoms with Gasteiger partial charge in [0.1, 0.15) is 11.5 Å². The van der Waals surface area contributed by atoms with Crippen molar-refractivity contribution in [1.29, 1.82) is 0 Å². The summed E-state index contributed by atoms with van der Waals surface area (Å²) in [5.74, 6) is 3.87. The van der Waals surface area contributed by atoms with Gasteiger partial charge in [0.15, 0.2) is 11.0 Å². The zero-order valence-corrected chi connectivity index (χ0v) is 17.0. The van der Waals surface area contributed by atoms with Crippen LogP contribution in [0, 0.1) is 6.92 Å². The standard InChI is InChI=1S/C20H19N5O3S/c1-13-21-22-18(28-13)12-29-20-24-23-19(14-4-8-16(26-2)9-5-14)25(20)15-6-10-17(27-3)11-7-15/h4-11H,12H2,1-3H3. The number of aryl methyl sites for hydroxylation is 1. The lowest BCUT2D eigenvalue weighted by Crippen LogP contribution is -2.00. The molecule has 0 aliphatic carbocycles. The third kappa shape index (κ3) is 4.09. The zero-order valence-electron chi connectivity index (χ0n) is 16.2. The van der Waals surface area contributed by atoms with Gasteiger partial charge < -0.3 is 13.9 Å². The number of ether oxygens (including phenoxy) is 2. The van der Waals surface area contributed by atoms with Gasteiger partial charge in [-0.05, 0) is 48.5 Å². The van der Waals surface area contributed by atoms with Gasteiger partial charge in [0.2, 0.25) is 11.8 Å². The molecule has 2 aromatic carbocycles. The fourth-order valence-corrected chi connectivity index (χ4v) is 3.57. The van der Waals surface area contributed by atoms with E-state index >= 15 is 0 Å². The Bertz CT molecular complexity index is 1090. The maximum atomic E-state index is 5.47. The number of hydrogen-bond donors (Lipinski definition) is 0. The Kier molecular flexibility index (Phi) is 5.48. The van der Waals surface area contributed by atoms with Crippen molar-refractivity contribution in [3.05, 3.63) is 60.3 Å². The van der Waals surface area contributed by atoms with E-state index in [1.165, 1.54) is 11.8 Å².